The maximum Gasteiger partial charge on any atom is 0.224 e. The van der Waals surface area contributed by atoms with Gasteiger partial charge in [0, 0.05) is 38.4 Å². The van der Waals surface area contributed by atoms with E-state index in [1.165, 1.54) is 6.42 Å². The van der Waals surface area contributed by atoms with Crippen LogP contribution in [-0.2, 0) is 11.3 Å². The van der Waals surface area contributed by atoms with Crippen LogP contribution in [0.25, 0.3) is 0 Å². The van der Waals surface area contributed by atoms with E-state index < -0.39 is 0 Å². The molecule has 0 bridgehead atoms. The third-order valence-corrected chi connectivity index (χ3v) is 2.82. The van der Waals surface area contributed by atoms with E-state index in [4.69, 9.17) is 0 Å². The molecule has 1 saturated heterocycles. The van der Waals surface area contributed by atoms with Gasteiger partial charge < -0.3 is 4.90 Å². The summed E-state index contributed by atoms with van der Waals surface area (Å²) in [6.07, 6.45) is 7.79. The number of hydrogen-bond donors (Lipinski definition) is 0. The first-order chi connectivity index (χ1) is 7.36. The first-order valence-corrected chi connectivity index (χ1v) is 5.61. The van der Waals surface area contributed by atoms with Crippen LogP contribution in [0.3, 0.4) is 0 Å². The van der Waals surface area contributed by atoms with E-state index in [0.29, 0.717) is 13.0 Å². The van der Waals surface area contributed by atoms with Crippen LogP contribution in [-0.4, -0.2) is 33.7 Å². The fraction of sp³-hybridized carbons (Fsp3) is 0.636. The van der Waals surface area contributed by atoms with Crippen LogP contribution in [0.2, 0.25) is 0 Å². The average molecular weight is 207 g/mol. The molecule has 1 fully saturated rings. The van der Waals surface area contributed by atoms with Crippen molar-refractivity contribution in [3.8, 4) is 0 Å². The number of likely N-dealkylation sites (tertiary alicyclic amines) is 1. The van der Waals surface area contributed by atoms with E-state index in [-0.39, 0.29) is 5.91 Å². The average Bonchev–Trinajstić information content (AvgIpc) is 2.80. The van der Waals surface area contributed by atoms with E-state index in [1.807, 2.05) is 21.8 Å². The van der Waals surface area contributed by atoms with Gasteiger partial charge in [-0.15, -0.1) is 0 Å². The quantitative estimate of drug-likeness (QED) is 0.749. The molecular weight excluding hydrogens is 190 g/mol. The lowest BCUT2D eigenvalue weighted by atomic mass is 10.1. The predicted molar refractivity (Wildman–Crippen MR) is 57.3 cm³/mol. The van der Waals surface area contributed by atoms with Crippen molar-refractivity contribution in [3.63, 3.8) is 0 Å². The lowest BCUT2D eigenvalue weighted by molar-refractivity contribution is -0.132. The van der Waals surface area contributed by atoms with Gasteiger partial charge in [-0.2, -0.15) is 5.10 Å². The summed E-state index contributed by atoms with van der Waals surface area (Å²) in [6, 6.07) is 1.88. The summed E-state index contributed by atoms with van der Waals surface area (Å²) in [5.74, 6) is 0.269. The minimum Gasteiger partial charge on any atom is -0.343 e. The Balaban J connectivity index is 1.76. The SMILES string of the molecule is O=C(CCn1cccn1)N1CCCCC1. The maximum atomic E-state index is 11.8. The first kappa shape index (κ1) is 10.2. The zero-order chi connectivity index (χ0) is 10.5. The maximum absolute atomic E-state index is 11.8. The number of nitrogens with zero attached hydrogens (tertiary/aromatic N) is 3. The van der Waals surface area contributed by atoms with Crippen LogP contribution >= 0.6 is 0 Å². The van der Waals surface area contributed by atoms with Gasteiger partial charge in [-0.1, -0.05) is 0 Å². The molecule has 1 aromatic rings. The summed E-state index contributed by atoms with van der Waals surface area (Å²) in [7, 11) is 0. The second-order valence-corrected chi connectivity index (χ2v) is 3.96. The number of aromatic nitrogens is 2. The molecule has 15 heavy (non-hydrogen) atoms. The van der Waals surface area contributed by atoms with Gasteiger partial charge >= 0.3 is 0 Å². The lowest BCUT2D eigenvalue weighted by Crippen LogP contribution is -2.36. The molecule has 1 aliphatic heterocycles. The number of hydrogen-bond acceptors (Lipinski definition) is 2. The Labute approximate surface area is 89.9 Å². The molecule has 4 nitrogen and oxygen atoms in total. The van der Waals surface area contributed by atoms with E-state index in [1.54, 1.807) is 6.20 Å². The largest absolute Gasteiger partial charge is 0.343 e. The Morgan fingerprint density at radius 3 is 2.73 bits per heavy atom. The standard InChI is InChI=1S/C11H17N3O/c15-11(13-7-2-1-3-8-13)5-10-14-9-4-6-12-14/h4,6,9H,1-3,5,7-8,10H2. The van der Waals surface area contributed by atoms with Crippen molar-refractivity contribution >= 4 is 5.91 Å². The highest BCUT2D eigenvalue weighted by atomic mass is 16.2. The fourth-order valence-corrected chi connectivity index (χ4v) is 1.94. The van der Waals surface area contributed by atoms with Crippen molar-refractivity contribution < 1.29 is 4.79 Å². The van der Waals surface area contributed by atoms with Crippen LogP contribution < -0.4 is 0 Å². The van der Waals surface area contributed by atoms with E-state index in [0.717, 1.165) is 25.9 Å². The van der Waals surface area contributed by atoms with E-state index >= 15 is 0 Å². The second kappa shape index (κ2) is 4.96. The molecule has 1 aliphatic rings. The van der Waals surface area contributed by atoms with Gasteiger partial charge in [-0.05, 0) is 25.3 Å². The summed E-state index contributed by atoms with van der Waals surface area (Å²) < 4.78 is 1.81. The van der Waals surface area contributed by atoms with Gasteiger partial charge in [0.15, 0.2) is 0 Å². The zero-order valence-corrected chi connectivity index (χ0v) is 8.93. The molecule has 2 rings (SSSR count). The van der Waals surface area contributed by atoms with Crippen molar-refractivity contribution in [1.29, 1.82) is 0 Å². The topological polar surface area (TPSA) is 38.1 Å². The van der Waals surface area contributed by atoms with Gasteiger partial charge in [-0.3, -0.25) is 9.48 Å². The number of carbonyl (C=O) groups excluding carboxylic acids is 1. The molecular formula is C11H17N3O. The van der Waals surface area contributed by atoms with E-state index in [9.17, 15) is 4.79 Å². The van der Waals surface area contributed by atoms with Crippen molar-refractivity contribution in [2.45, 2.75) is 32.2 Å². The van der Waals surface area contributed by atoms with Gasteiger partial charge in [0.2, 0.25) is 5.91 Å². The van der Waals surface area contributed by atoms with Crippen LogP contribution in [0, 0.1) is 0 Å². The highest BCUT2D eigenvalue weighted by Crippen LogP contribution is 2.10. The number of carbonyl (C=O) groups is 1. The third kappa shape index (κ3) is 2.81. The summed E-state index contributed by atoms with van der Waals surface area (Å²) in [5.41, 5.74) is 0. The molecule has 0 N–H and O–H groups in total. The number of aryl methyl sites for hydroxylation is 1. The van der Waals surface area contributed by atoms with Gasteiger partial charge in [0.05, 0.1) is 0 Å². The Bertz CT molecular complexity index is 302. The number of rotatable bonds is 3. The Kier molecular flexibility index (Phi) is 3.37. The summed E-state index contributed by atoms with van der Waals surface area (Å²) in [5, 5.41) is 4.08. The van der Waals surface area contributed by atoms with Crippen molar-refractivity contribution in [2.75, 3.05) is 13.1 Å². The normalized spacial score (nSPS) is 16.7. The highest BCUT2D eigenvalue weighted by molar-refractivity contribution is 5.76. The van der Waals surface area contributed by atoms with Crippen LogP contribution in [0.15, 0.2) is 18.5 Å². The molecule has 2 heterocycles. The van der Waals surface area contributed by atoms with Gasteiger partial charge in [0.25, 0.3) is 0 Å². The van der Waals surface area contributed by atoms with Crippen LogP contribution in [0.5, 0.6) is 0 Å². The fourth-order valence-electron chi connectivity index (χ4n) is 1.94. The summed E-state index contributed by atoms with van der Waals surface area (Å²) in [6.45, 7) is 2.58. The number of amides is 1. The zero-order valence-electron chi connectivity index (χ0n) is 8.93. The smallest absolute Gasteiger partial charge is 0.224 e. The Hall–Kier alpha value is -1.32. The molecule has 4 heteroatoms. The lowest BCUT2D eigenvalue weighted by Gasteiger charge is -2.26. The molecule has 0 saturated carbocycles. The van der Waals surface area contributed by atoms with Crippen molar-refractivity contribution in [3.05, 3.63) is 18.5 Å². The highest BCUT2D eigenvalue weighted by Gasteiger charge is 2.15. The minimum atomic E-state index is 0.269. The molecule has 82 valence electrons. The Morgan fingerprint density at radius 1 is 1.27 bits per heavy atom. The summed E-state index contributed by atoms with van der Waals surface area (Å²) >= 11 is 0. The molecule has 0 radical (unpaired) electrons. The predicted octanol–water partition coefficient (Wildman–Crippen LogP) is 1.29. The van der Waals surface area contributed by atoms with Crippen molar-refractivity contribution in [2.24, 2.45) is 0 Å². The monoisotopic (exact) mass is 207 g/mol. The number of piperidine rings is 1. The van der Waals surface area contributed by atoms with Crippen LogP contribution in [0.1, 0.15) is 25.7 Å². The van der Waals surface area contributed by atoms with Crippen LogP contribution in [0.4, 0.5) is 0 Å². The second-order valence-electron chi connectivity index (χ2n) is 3.96. The molecule has 0 spiro atoms. The molecule has 0 aromatic carbocycles. The first-order valence-electron chi connectivity index (χ1n) is 5.61. The van der Waals surface area contributed by atoms with Gasteiger partial charge in [0.1, 0.15) is 0 Å². The van der Waals surface area contributed by atoms with Crippen molar-refractivity contribution in [1.82, 2.24) is 14.7 Å². The molecule has 1 aromatic heterocycles. The van der Waals surface area contributed by atoms with E-state index in [2.05, 4.69) is 5.10 Å². The minimum absolute atomic E-state index is 0.269. The molecule has 1 amide bonds. The molecule has 0 atom stereocenters. The third-order valence-electron chi connectivity index (χ3n) is 2.82. The van der Waals surface area contributed by atoms with Gasteiger partial charge in [-0.25, -0.2) is 0 Å². The Morgan fingerprint density at radius 2 is 2.07 bits per heavy atom. The molecule has 0 aliphatic carbocycles. The molecule has 0 unspecified atom stereocenters. The summed E-state index contributed by atoms with van der Waals surface area (Å²) in [4.78, 5) is 13.8.